The Morgan fingerprint density at radius 3 is 2.75 bits per heavy atom. The van der Waals surface area contributed by atoms with Gasteiger partial charge in [-0.25, -0.2) is 4.98 Å². The summed E-state index contributed by atoms with van der Waals surface area (Å²) in [6, 6.07) is 19.3. The van der Waals surface area contributed by atoms with Crippen LogP contribution in [0.3, 0.4) is 0 Å². The number of anilines is 1. The molecular formula is C22H17N5O. The summed E-state index contributed by atoms with van der Waals surface area (Å²) in [6.45, 7) is 0.549. The third-order valence-corrected chi connectivity index (χ3v) is 4.75. The molecule has 0 radical (unpaired) electrons. The molecule has 0 unspecified atom stereocenters. The Hall–Kier alpha value is -3.93. The fraction of sp³-hybridized carbons (Fsp3) is 0.0455. The van der Waals surface area contributed by atoms with E-state index in [1.807, 2.05) is 66.9 Å². The second-order valence-corrected chi connectivity index (χ2v) is 6.57. The number of H-pyrrole nitrogens is 2. The van der Waals surface area contributed by atoms with Gasteiger partial charge in [0.15, 0.2) is 0 Å². The van der Waals surface area contributed by atoms with Crippen LogP contribution in [-0.2, 0) is 6.54 Å². The predicted molar refractivity (Wildman–Crippen MR) is 111 cm³/mol. The number of nitrogens with one attached hydrogen (secondary N) is 3. The van der Waals surface area contributed by atoms with Gasteiger partial charge in [0, 0.05) is 34.4 Å². The van der Waals surface area contributed by atoms with Gasteiger partial charge in [0.05, 0.1) is 12.2 Å². The first-order chi connectivity index (χ1) is 13.8. The summed E-state index contributed by atoms with van der Waals surface area (Å²) in [5.74, 6) is 0.683. The lowest BCUT2D eigenvalue weighted by Crippen LogP contribution is -2.09. The second-order valence-electron chi connectivity index (χ2n) is 6.57. The summed E-state index contributed by atoms with van der Waals surface area (Å²) in [4.78, 5) is 27.8. The average molecular weight is 367 g/mol. The Labute approximate surface area is 160 Å². The highest BCUT2D eigenvalue weighted by Crippen LogP contribution is 2.29. The normalized spacial score (nSPS) is 11.1. The number of hydrogen-bond donors (Lipinski definition) is 3. The van der Waals surface area contributed by atoms with Crippen LogP contribution in [0.5, 0.6) is 0 Å². The largest absolute Gasteiger partial charge is 0.364 e. The lowest BCUT2D eigenvalue weighted by Gasteiger charge is -2.10. The number of para-hydroxylation sites is 1. The van der Waals surface area contributed by atoms with Gasteiger partial charge in [-0.05, 0) is 41.8 Å². The van der Waals surface area contributed by atoms with Crippen LogP contribution >= 0.6 is 0 Å². The zero-order chi connectivity index (χ0) is 18.9. The van der Waals surface area contributed by atoms with Gasteiger partial charge in [-0.1, -0.05) is 24.3 Å². The molecule has 0 aliphatic heterocycles. The van der Waals surface area contributed by atoms with Gasteiger partial charge in [-0.2, -0.15) is 0 Å². The Morgan fingerprint density at radius 2 is 1.86 bits per heavy atom. The monoisotopic (exact) mass is 367 g/mol. The summed E-state index contributed by atoms with van der Waals surface area (Å²) >= 11 is 0. The Kier molecular flexibility index (Phi) is 3.87. The number of fused-ring (bicyclic) bond motifs is 2. The van der Waals surface area contributed by atoms with Crippen molar-refractivity contribution < 1.29 is 0 Å². The molecule has 0 amide bonds. The van der Waals surface area contributed by atoms with E-state index in [9.17, 15) is 4.79 Å². The molecule has 0 fully saturated rings. The van der Waals surface area contributed by atoms with Gasteiger partial charge in [-0.15, -0.1) is 0 Å². The SMILES string of the molecule is O=c1[nH]c2ccccc2cc1-c1cc(NCc2ccccn2)nc2[nH]ccc12. The van der Waals surface area contributed by atoms with E-state index in [0.29, 0.717) is 17.9 Å². The number of rotatable bonds is 4. The molecule has 4 aromatic heterocycles. The van der Waals surface area contributed by atoms with E-state index in [1.165, 1.54) is 0 Å². The van der Waals surface area contributed by atoms with E-state index in [0.717, 1.165) is 33.2 Å². The zero-order valence-corrected chi connectivity index (χ0v) is 14.9. The Bertz CT molecular complexity index is 1340. The molecule has 4 heterocycles. The lowest BCUT2D eigenvalue weighted by molar-refractivity contribution is 1.03. The van der Waals surface area contributed by atoms with Crippen molar-refractivity contribution in [2.45, 2.75) is 6.54 Å². The standard InChI is InChI=1S/C22H17N5O/c28-22-18(11-14-5-1-2-7-19(14)26-22)17-12-20(27-21-16(17)8-10-24-21)25-13-15-6-3-4-9-23-15/h1-12H,13H2,(H,26,28)(H2,24,25,27). The smallest absolute Gasteiger partial charge is 0.256 e. The molecule has 6 heteroatoms. The second kappa shape index (κ2) is 6.66. The summed E-state index contributed by atoms with van der Waals surface area (Å²) < 4.78 is 0. The van der Waals surface area contributed by atoms with Crippen molar-refractivity contribution in [1.82, 2.24) is 19.9 Å². The minimum absolute atomic E-state index is 0.122. The summed E-state index contributed by atoms with van der Waals surface area (Å²) in [5.41, 5.74) is 3.80. The third kappa shape index (κ3) is 2.91. The van der Waals surface area contributed by atoms with Crippen LogP contribution in [0.4, 0.5) is 5.82 Å². The van der Waals surface area contributed by atoms with Crippen molar-refractivity contribution in [3.63, 3.8) is 0 Å². The number of pyridine rings is 3. The minimum atomic E-state index is -0.122. The van der Waals surface area contributed by atoms with Crippen LogP contribution in [-0.4, -0.2) is 19.9 Å². The van der Waals surface area contributed by atoms with Crippen LogP contribution in [0.2, 0.25) is 0 Å². The van der Waals surface area contributed by atoms with Crippen molar-refractivity contribution in [2.75, 3.05) is 5.32 Å². The molecular weight excluding hydrogens is 350 g/mol. The summed E-state index contributed by atoms with van der Waals surface area (Å²) in [6.07, 6.45) is 3.59. The van der Waals surface area contributed by atoms with Crippen LogP contribution in [0.1, 0.15) is 5.69 Å². The van der Waals surface area contributed by atoms with Crippen molar-refractivity contribution in [3.05, 3.63) is 89.1 Å². The number of aromatic nitrogens is 4. The summed E-state index contributed by atoms with van der Waals surface area (Å²) in [5, 5.41) is 5.20. The molecule has 136 valence electrons. The molecule has 0 aliphatic carbocycles. The molecule has 3 N–H and O–H groups in total. The summed E-state index contributed by atoms with van der Waals surface area (Å²) in [7, 11) is 0. The Morgan fingerprint density at radius 1 is 0.964 bits per heavy atom. The van der Waals surface area contributed by atoms with Gasteiger partial charge in [0.1, 0.15) is 11.5 Å². The number of aromatic amines is 2. The molecule has 0 saturated carbocycles. The van der Waals surface area contributed by atoms with Crippen LogP contribution < -0.4 is 10.9 Å². The first-order valence-electron chi connectivity index (χ1n) is 9.02. The molecule has 0 spiro atoms. The van der Waals surface area contributed by atoms with Crippen LogP contribution in [0.25, 0.3) is 33.1 Å². The van der Waals surface area contributed by atoms with E-state index in [2.05, 4.69) is 25.3 Å². The molecule has 0 saturated heterocycles. The lowest BCUT2D eigenvalue weighted by atomic mass is 10.0. The topological polar surface area (TPSA) is 86.5 Å². The van der Waals surface area contributed by atoms with Crippen molar-refractivity contribution in [1.29, 1.82) is 0 Å². The number of hydrogen-bond acceptors (Lipinski definition) is 4. The molecule has 0 aliphatic rings. The fourth-order valence-electron chi connectivity index (χ4n) is 3.38. The Balaban J connectivity index is 1.62. The van der Waals surface area contributed by atoms with Gasteiger partial charge in [0.25, 0.3) is 5.56 Å². The van der Waals surface area contributed by atoms with E-state index in [-0.39, 0.29) is 5.56 Å². The first-order valence-corrected chi connectivity index (χ1v) is 9.02. The van der Waals surface area contributed by atoms with Gasteiger partial charge in [-0.3, -0.25) is 9.78 Å². The van der Waals surface area contributed by atoms with E-state index >= 15 is 0 Å². The van der Waals surface area contributed by atoms with Crippen LogP contribution in [0.15, 0.2) is 77.9 Å². The predicted octanol–water partition coefficient (Wildman–Crippen LogP) is 4.08. The van der Waals surface area contributed by atoms with Gasteiger partial charge >= 0.3 is 0 Å². The molecule has 0 bridgehead atoms. The van der Waals surface area contributed by atoms with Crippen molar-refractivity contribution >= 4 is 27.8 Å². The molecule has 0 atom stereocenters. The highest BCUT2D eigenvalue weighted by molar-refractivity contribution is 5.96. The first kappa shape index (κ1) is 16.3. The third-order valence-electron chi connectivity index (χ3n) is 4.75. The fourth-order valence-corrected chi connectivity index (χ4v) is 3.38. The van der Waals surface area contributed by atoms with Gasteiger partial charge < -0.3 is 15.3 Å². The van der Waals surface area contributed by atoms with Crippen molar-refractivity contribution in [2.24, 2.45) is 0 Å². The molecule has 1 aromatic carbocycles. The van der Waals surface area contributed by atoms with E-state index < -0.39 is 0 Å². The van der Waals surface area contributed by atoms with E-state index in [4.69, 9.17) is 0 Å². The maximum atomic E-state index is 12.8. The maximum absolute atomic E-state index is 12.8. The quantitative estimate of drug-likeness (QED) is 0.447. The highest BCUT2D eigenvalue weighted by Gasteiger charge is 2.13. The zero-order valence-electron chi connectivity index (χ0n) is 14.9. The molecule has 28 heavy (non-hydrogen) atoms. The molecule has 6 nitrogen and oxygen atoms in total. The van der Waals surface area contributed by atoms with Crippen molar-refractivity contribution in [3.8, 4) is 11.1 Å². The minimum Gasteiger partial charge on any atom is -0.364 e. The van der Waals surface area contributed by atoms with Gasteiger partial charge in [0.2, 0.25) is 0 Å². The average Bonchev–Trinajstić information content (AvgIpc) is 3.21. The molecule has 5 rings (SSSR count). The number of benzene rings is 1. The maximum Gasteiger partial charge on any atom is 0.256 e. The van der Waals surface area contributed by atoms with E-state index in [1.54, 1.807) is 6.20 Å². The van der Waals surface area contributed by atoms with Crippen LogP contribution in [0, 0.1) is 0 Å². The number of nitrogens with zero attached hydrogens (tertiary/aromatic N) is 2. The highest BCUT2D eigenvalue weighted by atomic mass is 16.1. The molecule has 5 aromatic rings.